The molecular weight excluding hydrogens is 384 g/mol. The van der Waals surface area contributed by atoms with E-state index >= 15 is 0 Å². The molecule has 0 aliphatic heterocycles. The van der Waals surface area contributed by atoms with Crippen molar-refractivity contribution in [1.29, 1.82) is 0 Å². The minimum atomic E-state index is 0.973. The van der Waals surface area contributed by atoms with Crippen LogP contribution in [0.5, 0.6) is 0 Å². The molecule has 3 heteroatoms. The molecule has 134 valence electrons. The molecule has 3 rings (SSSR count). The van der Waals surface area contributed by atoms with E-state index in [1.54, 1.807) is 0 Å². The van der Waals surface area contributed by atoms with E-state index in [1.807, 2.05) is 18.3 Å². The number of nitrogens with zero attached hydrogens (tertiary/aromatic N) is 2. The van der Waals surface area contributed by atoms with Gasteiger partial charge in [0.05, 0.1) is 11.4 Å². The van der Waals surface area contributed by atoms with Gasteiger partial charge >= 0.3 is 0 Å². The summed E-state index contributed by atoms with van der Waals surface area (Å²) in [5.74, 6) is 0. The highest BCUT2D eigenvalue weighted by Crippen LogP contribution is 2.27. The summed E-state index contributed by atoms with van der Waals surface area (Å²) in [7, 11) is 0. The van der Waals surface area contributed by atoms with E-state index in [-0.39, 0.29) is 0 Å². The zero-order chi connectivity index (χ0) is 18.8. The number of aromatic nitrogens is 1. The number of hydrogen-bond acceptors (Lipinski definition) is 1. The van der Waals surface area contributed by atoms with Gasteiger partial charge in [0.15, 0.2) is 0 Å². The first kappa shape index (κ1) is 18.7. The largest absolute Gasteiger partial charge is 0.317 e. The van der Waals surface area contributed by atoms with Crippen LogP contribution in [0, 0.1) is 27.7 Å². The Hall–Kier alpha value is -2.13. The number of benzene rings is 2. The molecule has 1 heterocycles. The van der Waals surface area contributed by atoms with E-state index in [4.69, 9.17) is 4.99 Å². The van der Waals surface area contributed by atoms with E-state index in [2.05, 4.69) is 85.4 Å². The quantitative estimate of drug-likeness (QED) is 0.423. The molecule has 2 nitrogen and oxygen atoms in total. The van der Waals surface area contributed by atoms with Crippen molar-refractivity contribution in [3.63, 3.8) is 0 Å². The Morgan fingerprint density at radius 3 is 2.46 bits per heavy atom. The summed E-state index contributed by atoms with van der Waals surface area (Å²) in [5.41, 5.74) is 9.77. The lowest BCUT2D eigenvalue weighted by atomic mass is 10.1. The van der Waals surface area contributed by atoms with Crippen molar-refractivity contribution < 1.29 is 0 Å². The van der Waals surface area contributed by atoms with Gasteiger partial charge in [-0.05, 0) is 75.1 Å². The number of aliphatic imine (C=N–C) groups is 1. The molecule has 26 heavy (non-hydrogen) atoms. The second-order valence-electron chi connectivity index (χ2n) is 6.79. The van der Waals surface area contributed by atoms with Crippen LogP contribution in [0.2, 0.25) is 0 Å². The number of rotatable bonds is 4. The third kappa shape index (κ3) is 3.54. The van der Waals surface area contributed by atoms with Crippen LogP contribution in [0.15, 0.2) is 51.9 Å². The maximum atomic E-state index is 4.69. The van der Waals surface area contributed by atoms with Crippen LogP contribution in [0.25, 0.3) is 5.69 Å². The highest BCUT2D eigenvalue weighted by atomic mass is 79.9. The molecule has 2 aromatic carbocycles. The van der Waals surface area contributed by atoms with Gasteiger partial charge in [-0.1, -0.05) is 41.1 Å². The molecule has 0 saturated heterocycles. The van der Waals surface area contributed by atoms with Crippen molar-refractivity contribution in [2.24, 2.45) is 4.99 Å². The van der Waals surface area contributed by atoms with Crippen molar-refractivity contribution in [3.8, 4) is 5.69 Å². The molecule has 0 radical (unpaired) electrons. The topological polar surface area (TPSA) is 17.3 Å². The van der Waals surface area contributed by atoms with Gasteiger partial charge < -0.3 is 4.57 Å². The molecule has 0 aliphatic carbocycles. The molecule has 0 amide bonds. The normalized spacial score (nSPS) is 11.5. The smallest absolute Gasteiger partial charge is 0.0633 e. The van der Waals surface area contributed by atoms with E-state index in [9.17, 15) is 0 Å². The minimum absolute atomic E-state index is 0.973. The van der Waals surface area contributed by atoms with Crippen molar-refractivity contribution in [2.75, 3.05) is 0 Å². The first-order valence-corrected chi connectivity index (χ1v) is 9.79. The highest BCUT2D eigenvalue weighted by Gasteiger charge is 2.14. The summed E-state index contributed by atoms with van der Waals surface area (Å²) in [5, 5.41) is 0. The molecule has 0 saturated carbocycles. The molecule has 1 aromatic heterocycles. The molecule has 0 spiro atoms. The van der Waals surface area contributed by atoms with Crippen molar-refractivity contribution in [3.05, 3.63) is 80.6 Å². The number of para-hydroxylation sites is 1. The third-order valence-electron chi connectivity index (χ3n) is 4.89. The van der Waals surface area contributed by atoms with Gasteiger partial charge in [0.1, 0.15) is 0 Å². The van der Waals surface area contributed by atoms with Gasteiger partial charge in [0.25, 0.3) is 0 Å². The summed E-state index contributed by atoms with van der Waals surface area (Å²) >= 11 is 3.54. The van der Waals surface area contributed by atoms with Crippen molar-refractivity contribution in [1.82, 2.24) is 4.57 Å². The average molecular weight is 409 g/mol. The lowest BCUT2D eigenvalue weighted by molar-refractivity contribution is 0.926. The first-order valence-electron chi connectivity index (χ1n) is 9.00. The Labute approximate surface area is 164 Å². The first-order chi connectivity index (χ1) is 12.4. The van der Waals surface area contributed by atoms with E-state index in [0.717, 1.165) is 22.1 Å². The van der Waals surface area contributed by atoms with Gasteiger partial charge in [-0.25, -0.2) is 0 Å². The van der Waals surface area contributed by atoms with Crippen LogP contribution in [0.3, 0.4) is 0 Å². The van der Waals surface area contributed by atoms with Crippen LogP contribution in [0.1, 0.15) is 40.6 Å². The van der Waals surface area contributed by atoms with Crippen molar-refractivity contribution >= 4 is 27.8 Å². The monoisotopic (exact) mass is 408 g/mol. The fraction of sp³-hybridized carbons (Fsp3) is 0.261. The zero-order valence-electron chi connectivity index (χ0n) is 16.1. The van der Waals surface area contributed by atoms with Crippen LogP contribution in [-0.4, -0.2) is 10.8 Å². The molecule has 0 fully saturated rings. The molecule has 0 atom stereocenters. The standard InChI is InChI=1S/C23H25BrN2/c1-6-19-9-7-8-15(2)23(19)26-17(4)13-20(18(26)5)14-25-21-10-11-22(24)16(3)12-21/h7-14H,6H2,1-5H3. The average Bonchev–Trinajstić information content (AvgIpc) is 2.89. The summed E-state index contributed by atoms with van der Waals surface area (Å²) < 4.78 is 3.48. The molecule has 0 aliphatic rings. The Morgan fingerprint density at radius 1 is 1.00 bits per heavy atom. The van der Waals surface area contributed by atoms with Crippen LogP contribution >= 0.6 is 15.9 Å². The predicted molar refractivity (Wildman–Crippen MR) is 115 cm³/mol. The lowest BCUT2D eigenvalue weighted by Crippen LogP contribution is -2.05. The summed E-state index contributed by atoms with van der Waals surface area (Å²) in [4.78, 5) is 4.69. The number of hydrogen-bond donors (Lipinski definition) is 0. The third-order valence-corrected chi connectivity index (χ3v) is 5.78. The van der Waals surface area contributed by atoms with Crippen molar-refractivity contribution in [2.45, 2.75) is 41.0 Å². The maximum Gasteiger partial charge on any atom is 0.0633 e. The van der Waals surface area contributed by atoms with E-state index < -0.39 is 0 Å². The van der Waals surface area contributed by atoms with Crippen LogP contribution in [-0.2, 0) is 6.42 Å². The summed E-state index contributed by atoms with van der Waals surface area (Å²) in [6.07, 6.45) is 3.00. The fourth-order valence-electron chi connectivity index (χ4n) is 3.44. The molecule has 0 N–H and O–H groups in total. The lowest BCUT2D eigenvalue weighted by Gasteiger charge is -2.17. The highest BCUT2D eigenvalue weighted by molar-refractivity contribution is 9.10. The Kier molecular flexibility index (Phi) is 5.47. The number of aryl methyl sites for hydroxylation is 4. The van der Waals surface area contributed by atoms with Gasteiger partial charge in [-0.3, -0.25) is 4.99 Å². The molecule has 3 aromatic rings. The van der Waals surface area contributed by atoms with Crippen LogP contribution in [0.4, 0.5) is 5.69 Å². The van der Waals surface area contributed by atoms with Gasteiger partial charge in [-0.2, -0.15) is 0 Å². The zero-order valence-corrected chi connectivity index (χ0v) is 17.7. The second kappa shape index (κ2) is 7.63. The van der Waals surface area contributed by atoms with Gasteiger partial charge in [0.2, 0.25) is 0 Å². The predicted octanol–water partition coefficient (Wildman–Crippen LogP) is 6.79. The van der Waals surface area contributed by atoms with Gasteiger partial charge in [-0.15, -0.1) is 0 Å². The summed E-state index contributed by atoms with van der Waals surface area (Å²) in [6, 6.07) is 14.9. The Balaban J connectivity index is 2.04. The van der Waals surface area contributed by atoms with Gasteiger partial charge in [0, 0.05) is 27.6 Å². The maximum absolute atomic E-state index is 4.69. The Bertz CT molecular complexity index is 980. The van der Waals surface area contributed by atoms with E-state index in [1.165, 1.54) is 33.8 Å². The SMILES string of the molecule is CCc1cccc(C)c1-n1c(C)cc(C=Nc2ccc(Br)c(C)c2)c1C. The summed E-state index contributed by atoms with van der Waals surface area (Å²) in [6.45, 7) is 10.8. The molecule has 0 unspecified atom stereocenters. The minimum Gasteiger partial charge on any atom is -0.317 e. The molecule has 0 bridgehead atoms. The molecular formula is C23H25BrN2. The Morgan fingerprint density at radius 2 is 1.77 bits per heavy atom. The second-order valence-corrected chi connectivity index (χ2v) is 7.64. The van der Waals surface area contributed by atoms with E-state index in [0.29, 0.717) is 0 Å². The number of halogens is 1. The fourth-order valence-corrected chi connectivity index (χ4v) is 3.69. The van der Waals surface area contributed by atoms with Crippen LogP contribution < -0.4 is 0 Å².